The predicted octanol–water partition coefficient (Wildman–Crippen LogP) is 15.1. The molecule has 0 atom stereocenters. The first-order valence-electron chi connectivity index (χ1n) is 18.0. The van der Waals surface area contributed by atoms with Gasteiger partial charge >= 0.3 is 0 Å². The molecule has 11 aromatic rings. The number of hydrogen-bond donors (Lipinski definition) is 0. The van der Waals surface area contributed by atoms with Crippen molar-refractivity contribution in [3.63, 3.8) is 0 Å². The number of fused-ring (bicyclic) bond motifs is 10. The van der Waals surface area contributed by atoms with Crippen LogP contribution in [0.25, 0.3) is 85.9 Å². The number of rotatable bonds is 5. The fraction of sp³-hybridized carbons (Fsp3) is 0. The molecule has 2 heterocycles. The van der Waals surface area contributed by atoms with Crippen LogP contribution in [0.5, 0.6) is 0 Å². The molecule has 0 amide bonds. The molecule has 9 aromatic carbocycles. The van der Waals surface area contributed by atoms with Crippen LogP contribution in [-0.4, -0.2) is 0 Å². The zero-order valence-electron chi connectivity index (χ0n) is 28.7. The van der Waals surface area contributed by atoms with Gasteiger partial charge in [0.25, 0.3) is 0 Å². The quantitative estimate of drug-likeness (QED) is 0.178. The van der Waals surface area contributed by atoms with Crippen molar-refractivity contribution in [2.75, 3.05) is 4.90 Å². The lowest BCUT2D eigenvalue weighted by Crippen LogP contribution is -2.10. The zero-order chi connectivity index (χ0) is 34.9. The first-order chi connectivity index (χ1) is 26.3. The Labute approximate surface area is 310 Å². The van der Waals surface area contributed by atoms with E-state index in [9.17, 15) is 0 Å². The van der Waals surface area contributed by atoms with Crippen molar-refractivity contribution < 1.29 is 4.42 Å². The van der Waals surface area contributed by atoms with Crippen molar-refractivity contribution in [2.45, 2.75) is 0 Å². The number of thiophene rings is 1. The van der Waals surface area contributed by atoms with Gasteiger partial charge in [0.15, 0.2) is 5.58 Å². The zero-order valence-corrected chi connectivity index (χ0v) is 29.5. The molecule has 0 aliphatic heterocycles. The maximum Gasteiger partial charge on any atom is 0.160 e. The summed E-state index contributed by atoms with van der Waals surface area (Å²) in [5, 5.41) is 9.87. The van der Waals surface area contributed by atoms with Gasteiger partial charge < -0.3 is 9.32 Å². The van der Waals surface area contributed by atoms with E-state index in [-0.39, 0.29) is 0 Å². The normalized spacial score (nSPS) is 11.8. The number of benzene rings is 9. The third kappa shape index (κ3) is 4.78. The Morgan fingerprint density at radius 1 is 0.415 bits per heavy atom. The molecular formula is C50H31NOS. The number of anilines is 3. The van der Waals surface area contributed by atoms with Crippen LogP contribution in [0.3, 0.4) is 0 Å². The van der Waals surface area contributed by atoms with E-state index in [0.29, 0.717) is 0 Å². The summed E-state index contributed by atoms with van der Waals surface area (Å²) in [6.45, 7) is 0. The van der Waals surface area contributed by atoms with E-state index in [1.807, 2.05) is 17.4 Å². The van der Waals surface area contributed by atoms with Gasteiger partial charge in [0, 0.05) is 42.3 Å². The molecule has 53 heavy (non-hydrogen) atoms. The van der Waals surface area contributed by atoms with E-state index >= 15 is 0 Å². The Hall–Kier alpha value is -6.68. The van der Waals surface area contributed by atoms with Crippen LogP contribution >= 0.6 is 11.3 Å². The van der Waals surface area contributed by atoms with Crippen molar-refractivity contribution in [1.29, 1.82) is 0 Å². The van der Waals surface area contributed by atoms with E-state index in [1.165, 1.54) is 64.0 Å². The van der Waals surface area contributed by atoms with Gasteiger partial charge in [0.2, 0.25) is 0 Å². The molecule has 11 rings (SSSR count). The molecule has 3 heteroatoms. The van der Waals surface area contributed by atoms with E-state index in [4.69, 9.17) is 4.42 Å². The van der Waals surface area contributed by atoms with Crippen molar-refractivity contribution in [1.82, 2.24) is 0 Å². The topological polar surface area (TPSA) is 16.4 Å². The summed E-state index contributed by atoms with van der Waals surface area (Å²) in [5.74, 6) is 0. The molecule has 0 N–H and O–H groups in total. The summed E-state index contributed by atoms with van der Waals surface area (Å²) in [6, 6.07) is 67.8. The number of nitrogens with zero attached hydrogens (tertiary/aromatic N) is 1. The Morgan fingerprint density at radius 3 is 1.79 bits per heavy atom. The third-order valence-corrected chi connectivity index (χ3v) is 11.9. The van der Waals surface area contributed by atoms with E-state index in [2.05, 4.69) is 187 Å². The monoisotopic (exact) mass is 693 g/mol. The molecule has 0 radical (unpaired) electrons. The van der Waals surface area contributed by atoms with Gasteiger partial charge in [-0.1, -0.05) is 146 Å². The second-order valence-electron chi connectivity index (χ2n) is 13.7. The minimum absolute atomic E-state index is 0.878. The molecule has 0 aliphatic rings. The molecular weight excluding hydrogens is 663 g/mol. The summed E-state index contributed by atoms with van der Waals surface area (Å²) in [7, 11) is 0. The van der Waals surface area contributed by atoms with Crippen LogP contribution in [0.15, 0.2) is 192 Å². The summed E-state index contributed by atoms with van der Waals surface area (Å²) in [4.78, 5) is 2.35. The average Bonchev–Trinajstić information content (AvgIpc) is 3.82. The summed E-state index contributed by atoms with van der Waals surface area (Å²) < 4.78 is 9.41. The van der Waals surface area contributed by atoms with Gasteiger partial charge in [-0.2, -0.15) is 0 Å². The molecule has 0 aliphatic carbocycles. The molecule has 2 aromatic heterocycles. The highest BCUT2D eigenvalue weighted by atomic mass is 32.1. The predicted molar refractivity (Wildman–Crippen MR) is 227 cm³/mol. The fourth-order valence-electron chi connectivity index (χ4n) is 8.17. The molecule has 0 bridgehead atoms. The Bertz CT molecular complexity index is 3150. The molecule has 2 nitrogen and oxygen atoms in total. The second-order valence-corrected chi connectivity index (χ2v) is 14.7. The van der Waals surface area contributed by atoms with Crippen LogP contribution in [-0.2, 0) is 0 Å². The molecule has 0 unspecified atom stereocenters. The first kappa shape index (κ1) is 30.0. The van der Waals surface area contributed by atoms with Gasteiger partial charge in [0.1, 0.15) is 5.58 Å². The first-order valence-corrected chi connectivity index (χ1v) is 18.8. The number of hydrogen-bond acceptors (Lipinski definition) is 3. The van der Waals surface area contributed by atoms with Crippen LogP contribution in [0.1, 0.15) is 0 Å². The van der Waals surface area contributed by atoms with E-state index in [0.717, 1.165) is 39.0 Å². The van der Waals surface area contributed by atoms with Crippen LogP contribution in [0.2, 0.25) is 0 Å². The lowest BCUT2D eigenvalue weighted by atomic mass is 9.99. The highest BCUT2D eigenvalue weighted by molar-refractivity contribution is 7.26. The average molecular weight is 694 g/mol. The third-order valence-electron chi connectivity index (χ3n) is 10.6. The molecule has 248 valence electrons. The number of para-hydroxylation sites is 1. The highest BCUT2D eigenvalue weighted by Crippen LogP contribution is 2.47. The summed E-state index contributed by atoms with van der Waals surface area (Å²) in [6.07, 6.45) is 0. The largest absolute Gasteiger partial charge is 0.454 e. The maximum atomic E-state index is 6.77. The van der Waals surface area contributed by atoms with Crippen molar-refractivity contribution in [3.05, 3.63) is 188 Å². The second kappa shape index (κ2) is 11.9. The molecule has 0 spiro atoms. The van der Waals surface area contributed by atoms with E-state index < -0.39 is 0 Å². The minimum atomic E-state index is 0.878. The highest BCUT2D eigenvalue weighted by Gasteiger charge is 2.22. The Kier molecular flexibility index (Phi) is 6.76. The van der Waals surface area contributed by atoms with Crippen molar-refractivity contribution in [2.24, 2.45) is 0 Å². The lowest BCUT2D eigenvalue weighted by Gasteiger charge is -2.26. The Balaban J connectivity index is 1.10. The van der Waals surface area contributed by atoms with Crippen molar-refractivity contribution in [3.8, 4) is 22.3 Å². The van der Waals surface area contributed by atoms with Crippen LogP contribution in [0.4, 0.5) is 17.1 Å². The van der Waals surface area contributed by atoms with Crippen LogP contribution < -0.4 is 4.90 Å². The van der Waals surface area contributed by atoms with Gasteiger partial charge in [-0.15, -0.1) is 11.3 Å². The van der Waals surface area contributed by atoms with Crippen LogP contribution in [0, 0.1) is 0 Å². The minimum Gasteiger partial charge on any atom is -0.454 e. The lowest BCUT2D eigenvalue weighted by molar-refractivity contribution is 0.669. The van der Waals surface area contributed by atoms with Gasteiger partial charge in [-0.25, -0.2) is 0 Å². The Morgan fingerprint density at radius 2 is 1.02 bits per heavy atom. The molecule has 0 saturated heterocycles. The number of furan rings is 1. The SMILES string of the molecule is c1ccc(-c2ccc(N(c3ccc(-c4cccc5c4sc4ccc6ccccc6c45)cc3)c3cc4ccccc4c4c3oc3ccccc34)cc2)cc1. The van der Waals surface area contributed by atoms with Gasteiger partial charge in [0.05, 0.1) is 5.69 Å². The van der Waals surface area contributed by atoms with Crippen molar-refractivity contribution >= 4 is 92.1 Å². The molecule has 0 saturated carbocycles. The smallest absolute Gasteiger partial charge is 0.160 e. The summed E-state index contributed by atoms with van der Waals surface area (Å²) >= 11 is 1.88. The van der Waals surface area contributed by atoms with Gasteiger partial charge in [-0.05, 0) is 86.3 Å². The summed E-state index contributed by atoms with van der Waals surface area (Å²) in [5.41, 5.74) is 9.73. The maximum absolute atomic E-state index is 6.77. The van der Waals surface area contributed by atoms with E-state index in [1.54, 1.807) is 0 Å². The standard InChI is InChI=1S/C50H31NOS/c1-2-11-32(12-3-1)33-21-26-37(27-22-33)51(44-31-36-14-5-7-16-40(36)48-42-17-8-9-20-45(42)52-49(44)48)38-28-23-35(24-29-38)41-18-10-19-43-47-39-15-6-4-13-34(39)25-30-46(47)53-50(41)43/h1-31H. The molecule has 0 fully saturated rings. The fourth-order valence-corrected chi connectivity index (χ4v) is 9.42. The van der Waals surface area contributed by atoms with Gasteiger partial charge in [-0.3, -0.25) is 0 Å².